The molecule has 2 aliphatic rings. The molecule has 1 aromatic rings. The summed E-state index contributed by atoms with van der Waals surface area (Å²) in [4.78, 5) is 44.0. The van der Waals surface area contributed by atoms with Crippen LogP contribution in [0, 0.1) is 17.3 Å². The SMILES string of the molecule is C=CC[C@@]1(C(=O)OC)C(=O)[C@H]([C@H](C)COCc2ccccc2)[C@@H]2CC[C@@]1(CCCC)N2C(=O)OC(C)(C)C. The fourth-order valence-electron chi connectivity index (χ4n) is 6.68. The summed E-state index contributed by atoms with van der Waals surface area (Å²) in [7, 11) is 1.31. The molecule has 3 rings (SSSR count). The summed E-state index contributed by atoms with van der Waals surface area (Å²) in [6.07, 6.45) is 4.50. The van der Waals surface area contributed by atoms with Crippen molar-refractivity contribution in [2.75, 3.05) is 13.7 Å². The first-order chi connectivity index (χ1) is 18.0. The summed E-state index contributed by atoms with van der Waals surface area (Å²) >= 11 is 0. The topological polar surface area (TPSA) is 82.1 Å². The summed E-state index contributed by atoms with van der Waals surface area (Å²) in [5.74, 6) is -1.61. The van der Waals surface area contributed by atoms with Crippen LogP contribution in [0.25, 0.3) is 0 Å². The number of methoxy groups -OCH3 is 1. The Kier molecular flexibility index (Phi) is 9.45. The molecular formula is C31H45NO6. The first kappa shape index (κ1) is 29.9. The summed E-state index contributed by atoms with van der Waals surface area (Å²) in [5, 5.41) is 0. The number of fused-ring (bicyclic) bond motifs is 2. The molecule has 2 fully saturated rings. The monoisotopic (exact) mass is 527 g/mol. The molecule has 0 aromatic heterocycles. The number of nitrogens with zero attached hydrogens (tertiary/aromatic N) is 1. The Labute approximate surface area is 227 Å². The highest BCUT2D eigenvalue weighted by Gasteiger charge is 2.74. The third kappa shape index (κ3) is 5.40. The molecule has 210 valence electrons. The van der Waals surface area contributed by atoms with Crippen molar-refractivity contribution in [3.63, 3.8) is 0 Å². The van der Waals surface area contributed by atoms with E-state index in [0.717, 1.165) is 18.4 Å². The highest BCUT2D eigenvalue weighted by molar-refractivity contribution is 6.09. The van der Waals surface area contributed by atoms with Gasteiger partial charge in [0, 0.05) is 12.0 Å². The normalized spacial score (nSPS) is 27.6. The van der Waals surface area contributed by atoms with Gasteiger partial charge >= 0.3 is 12.1 Å². The molecule has 7 heteroatoms. The zero-order chi connectivity index (χ0) is 28.1. The van der Waals surface area contributed by atoms with E-state index >= 15 is 0 Å². The smallest absolute Gasteiger partial charge is 0.411 e. The second-order valence-corrected chi connectivity index (χ2v) is 11.8. The molecule has 0 saturated carbocycles. The first-order valence-electron chi connectivity index (χ1n) is 13.9. The Hall–Kier alpha value is -2.67. The summed E-state index contributed by atoms with van der Waals surface area (Å²) in [5.41, 5.74) is -2.27. The summed E-state index contributed by atoms with van der Waals surface area (Å²) in [6, 6.07) is 9.47. The van der Waals surface area contributed by atoms with Crippen LogP contribution in [0.1, 0.15) is 78.7 Å². The van der Waals surface area contributed by atoms with E-state index in [0.29, 0.717) is 32.5 Å². The molecule has 2 saturated heterocycles. The van der Waals surface area contributed by atoms with Gasteiger partial charge in [0.2, 0.25) is 0 Å². The minimum absolute atomic E-state index is 0.0995. The molecule has 38 heavy (non-hydrogen) atoms. The molecule has 7 nitrogen and oxygen atoms in total. The Balaban J connectivity index is 2.08. The van der Waals surface area contributed by atoms with Crippen LogP contribution in [-0.2, 0) is 30.4 Å². The minimum atomic E-state index is -1.55. The van der Waals surface area contributed by atoms with Crippen molar-refractivity contribution in [1.82, 2.24) is 4.90 Å². The van der Waals surface area contributed by atoms with E-state index in [1.54, 1.807) is 11.0 Å². The number of rotatable bonds is 11. The van der Waals surface area contributed by atoms with E-state index < -0.39 is 34.5 Å². The predicted molar refractivity (Wildman–Crippen MR) is 146 cm³/mol. The zero-order valence-electron chi connectivity index (χ0n) is 24.0. The molecular weight excluding hydrogens is 482 g/mol. The number of Topliss-reactive ketones (excluding diaryl/α,β-unsaturated/α-hetero) is 1. The van der Waals surface area contributed by atoms with E-state index in [1.807, 2.05) is 58.0 Å². The fraction of sp³-hybridized carbons (Fsp3) is 0.645. The standard InChI is InChI=1S/C31H45NO6/c1-8-10-18-30-19-16-24(32(30)28(35)38-29(4,5)6)25(26(33)31(30,17-9-2)27(34)36-7)22(3)20-37-21-23-14-12-11-13-15-23/h9,11-15,22,24-25H,2,8,10,16-21H2,1,3-7H3/t22-,24+,25-,30-,31+/m1/s1. The largest absolute Gasteiger partial charge is 0.468 e. The Morgan fingerprint density at radius 1 is 1.24 bits per heavy atom. The first-order valence-corrected chi connectivity index (χ1v) is 13.9. The van der Waals surface area contributed by atoms with Gasteiger partial charge in [0.15, 0.2) is 11.2 Å². The summed E-state index contributed by atoms with van der Waals surface area (Å²) < 4.78 is 17.3. The van der Waals surface area contributed by atoms with Gasteiger partial charge in [-0.05, 0) is 57.9 Å². The second-order valence-electron chi connectivity index (χ2n) is 11.8. The second kappa shape index (κ2) is 12.0. The van der Waals surface area contributed by atoms with Crippen molar-refractivity contribution < 1.29 is 28.6 Å². The molecule has 0 spiro atoms. The van der Waals surface area contributed by atoms with Crippen LogP contribution >= 0.6 is 0 Å². The lowest BCUT2D eigenvalue weighted by Crippen LogP contribution is -2.73. The van der Waals surface area contributed by atoms with E-state index in [-0.39, 0.29) is 24.2 Å². The van der Waals surface area contributed by atoms with Gasteiger partial charge < -0.3 is 14.2 Å². The number of esters is 1. The van der Waals surface area contributed by atoms with Crippen molar-refractivity contribution in [2.24, 2.45) is 17.3 Å². The van der Waals surface area contributed by atoms with Crippen LogP contribution in [-0.4, -0.2) is 53.6 Å². The number of ketones is 1. The van der Waals surface area contributed by atoms with Gasteiger partial charge in [-0.3, -0.25) is 14.5 Å². The Morgan fingerprint density at radius 3 is 2.50 bits per heavy atom. The maximum atomic E-state index is 14.6. The van der Waals surface area contributed by atoms with Crippen molar-refractivity contribution >= 4 is 17.8 Å². The van der Waals surface area contributed by atoms with Crippen LogP contribution in [0.4, 0.5) is 4.79 Å². The van der Waals surface area contributed by atoms with Crippen molar-refractivity contribution in [3.05, 3.63) is 48.6 Å². The average Bonchev–Trinajstić information content (AvgIpc) is 3.20. The van der Waals surface area contributed by atoms with Crippen LogP contribution in [0.3, 0.4) is 0 Å². The molecule has 1 amide bonds. The van der Waals surface area contributed by atoms with Gasteiger partial charge in [-0.15, -0.1) is 6.58 Å². The molecule has 5 atom stereocenters. The van der Waals surface area contributed by atoms with Gasteiger partial charge in [0.1, 0.15) is 5.60 Å². The maximum absolute atomic E-state index is 14.6. The number of hydrogen-bond donors (Lipinski definition) is 0. The van der Waals surface area contributed by atoms with Crippen LogP contribution < -0.4 is 0 Å². The highest BCUT2D eigenvalue weighted by atomic mass is 16.6. The number of piperidine rings is 1. The Bertz CT molecular complexity index is 1000. The van der Waals surface area contributed by atoms with Crippen molar-refractivity contribution in [3.8, 4) is 0 Å². The number of amides is 1. The van der Waals surface area contributed by atoms with Crippen molar-refractivity contribution in [1.29, 1.82) is 0 Å². The van der Waals surface area contributed by atoms with Gasteiger partial charge in [-0.25, -0.2) is 4.79 Å². The van der Waals surface area contributed by atoms with Crippen LogP contribution in [0.5, 0.6) is 0 Å². The number of unbranched alkanes of at least 4 members (excludes halogenated alkanes) is 1. The van der Waals surface area contributed by atoms with Crippen LogP contribution in [0.15, 0.2) is 43.0 Å². The third-order valence-electron chi connectivity index (χ3n) is 8.20. The molecule has 1 aromatic carbocycles. The minimum Gasteiger partial charge on any atom is -0.468 e. The lowest BCUT2D eigenvalue weighted by atomic mass is 9.56. The highest BCUT2D eigenvalue weighted by Crippen LogP contribution is 2.60. The van der Waals surface area contributed by atoms with Gasteiger partial charge in [0.05, 0.1) is 25.9 Å². The number of benzene rings is 1. The van der Waals surface area contributed by atoms with Crippen molar-refractivity contribution in [2.45, 2.75) is 96.9 Å². The molecule has 2 heterocycles. The molecule has 2 bridgehead atoms. The number of carbonyl (C=O) groups is 3. The molecule has 2 aliphatic heterocycles. The fourth-order valence-corrected chi connectivity index (χ4v) is 6.68. The number of carbonyl (C=O) groups excluding carboxylic acids is 3. The number of allylic oxidation sites excluding steroid dienone is 1. The molecule has 0 unspecified atom stereocenters. The summed E-state index contributed by atoms with van der Waals surface area (Å²) in [6.45, 7) is 14.2. The Morgan fingerprint density at radius 2 is 1.92 bits per heavy atom. The van der Waals surface area contributed by atoms with Gasteiger partial charge in [-0.1, -0.05) is 63.1 Å². The average molecular weight is 528 g/mol. The van der Waals surface area contributed by atoms with E-state index in [4.69, 9.17) is 14.2 Å². The molecule has 0 aliphatic carbocycles. The van der Waals surface area contributed by atoms with Gasteiger partial charge in [0.25, 0.3) is 0 Å². The van der Waals surface area contributed by atoms with E-state index in [1.165, 1.54) is 7.11 Å². The quantitative estimate of drug-likeness (QED) is 0.196. The molecule has 0 radical (unpaired) electrons. The van der Waals surface area contributed by atoms with Crippen LogP contribution in [0.2, 0.25) is 0 Å². The lowest BCUT2D eigenvalue weighted by Gasteiger charge is -2.57. The van der Waals surface area contributed by atoms with E-state index in [2.05, 4.69) is 13.5 Å². The zero-order valence-corrected chi connectivity index (χ0v) is 24.0. The maximum Gasteiger partial charge on any atom is 0.411 e. The lowest BCUT2D eigenvalue weighted by molar-refractivity contribution is -0.181. The van der Waals surface area contributed by atoms with E-state index in [9.17, 15) is 14.4 Å². The predicted octanol–water partition coefficient (Wildman–Crippen LogP) is 6.10. The molecule has 0 N–H and O–H groups in total. The number of ether oxygens (including phenoxy) is 3. The van der Waals surface area contributed by atoms with Gasteiger partial charge in [-0.2, -0.15) is 0 Å². The third-order valence-corrected chi connectivity index (χ3v) is 8.20. The number of hydrogen-bond acceptors (Lipinski definition) is 6.